The quantitative estimate of drug-likeness (QED) is 0.241. The number of amides is 1. The maximum Gasteiger partial charge on any atom is 0.338 e. The van der Waals surface area contributed by atoms with Gasteiger partial charge < -0.3 is 9.15 Å². The van der Waals surface area contributed by atoms with E-state index in [4.69, 9.17) is 20.8 Å². The van der Waals surface area contributed by atoms with E-state index in [2.05, 4.69) is 0 Å². The van der Waals surface area contributed by atoms with Crippen LogP contribution >= 0.6 is 23.4 Å². The van der Waals surface area contributed by atoms with Crippen molar-refractivity contribution in [2.45, 2.75) is 17.9 Å². The van der Waals surface area contributed by atoms with E-state index in [1.807, 2.05) is 30.5 Å². The topological polar surface area (TPSA) is 76.8 Å². The van der Waals surface area contributed by atoms with Gasteiger partial charge in [0, 0.05) is 15.6 Å². The van der Waals surface area contributed by atoms with Crippen molar-refractivity contribution in [1.82, 2.24) is 0 Å². The van der Waals surface area contributed by atoms with Crippen molar-refractivity contribution in [2.75, 3.05) is 17.8 Å². The molecular formula is C27H20ClNO5S. The first-order valence-corrected chi connectivity index (χ1v) is 12.5. The van der Waals surface area contributed by atoms with Crippen molar-refractivity contribution in [1.29, 1.82) is 0 Å². The fourth-order valence-corrected chi connectivity index (χ4v) is 4.87. The number of hydrogen-bond acceptors (Lipinski definition) is 6. The molecule has 1 aromatic heterocycles. The van der Waals surface area contributed by atoms with Crippen LogP contribution in [0.25, 0.3) is 11.0 Å². The summed E-state index contributed by atoms with van der Waals surface area (Å²) in [6.45, 7) is 2.00. The minimum absolute atomic E-state index is 0.00163. The number of esters is 1. The third-order valence-electron chi connectivity index (χ3n) is 5.92. The van der Waals surface area contributed by atoms with Crippen LogP contribution in [0, 0.1) is 0 Å². The van der Waals surface area contributed by atoms with Crippen LogP contribution in [-0.2, 0) is 4.74 Å². The van der Waals surface area contributed by atoms with Crippen molar-refractivity contribution < 1.29 is 18.7 Å². The van der Waals surface area contributed by atoms with E-state index < -0.39 is 17.9 Å². The van der Waals surface area contributed by atoms with Crippen LogP contribution in [0.4, 0.5) is 5.69 Å². The molecule has 0 saturated carbocycles. The highest BCUT2D eigenvalue weighted by atomic mass is 35.5. The Balaban J connectivity index is 1.70. The Labute approximate surface area is 210 Å². The normalized spacial score (nSPS) is 14.9. The smallest absolute Gasteiger partial charge is 0.338 e. The number of hydrogen-bond donors (Lipinski definition) is 0. The maximum absolute atomic E-state index is 13.7. The molecule has 1 amide bonds. The number of anilines is 1. The van der Waals surface area contributed by atoms with Crippen molar-refractivity contribution >= 4 is 51.9 Å². The van der Waals surface area contributed by atoms with E-state index in [0.717, 1.165) is 10.5 Å². The van der Waals surface area contributed by atoms with Crippen LogP contribution < -0.4 is 10.3 Å². The van der Waals surface area contributed by atoms with Gasteiger partial charge in [-0.15, -0.1) is 11.8 Å². The third-order valence-corrected chi connectivity index (χ3v) is 6.90. The van der Waals surface area contributed by atoms with Crippen LogP contribution in [0.3, 0.4) is 0 Å². The van der Waals surface area contributed by atoms with Gasteiger partial charge in [-0.1, -0.05) is 23.7 Å². The zero-order valence-corrected chi connectivity index (χ0v) is 20.5. The van der Waals surface area contributed by atoms with Gasteiger partial charge in [-0.05, 0) is 73.3 Å². The Morgan fingerprint density at radius 2 is 1.77 bits per heavy atom. The van der Waals surface area contributed by atoms with Gasteiger partial charge in [0.1, 0.15) is 5.58 Å². The van der Waals surface area contributed by atoms with Crippen LogP contribution in [0.15, 0.2) is 80.8 Å². The van der Waals surface area contributed by atoms with Gasteiger partial charge in [-0.3, -0.25) is 14.5 Å². The van der Waals surface area contributed by atoms with Crippen molar-refractivity contribution in [3.63, 3.8) is 0 Å². The molecule has 1 aliphatic rings. The number of rotatable bonds is 5. The molecule has 1 atom stereocenters. The Hall–Kier alpha value is -3.55. The number of nitrogens with zero attached hydrogens (tertiary/aromatic N) is 1. The Morgan fingerprint density at radius 1 is 1.06 bits per heavy atom. The second-order valence-electron chi connectivity index (χ2n) is 7.93. The SMILES string of the molecule is CCOC(=O)c1ccc(N2C(=O)c3oc4ccc(Cl)cc4c(=O)c3C2c2ccc(SC)cc2)cc1. The molecule has 1 aliphatic heterocycles. The summed E-state index contributed by atoms with van der Waals surface area (Å²) in [5.74, 6) is -0.880. The molecule has 5 rings (SSSR count). The lowest BCUT2D eigenvalue weighted by Crippen LogP contribution is -2.29. The summed E-state index contributed by atoms with van der Waals surface area (Å²) in [5.41, 5.74) is 1.91. The number of benzene rings is 3. The lowest BCUT2D eigenvalue weighted by Gasteiger charge is -2.25. The molecule has 35 heavy (non-hydrogen) atoms. The fourth-order valence-electron chi connectivity index (χ4n) is 4.29. The second kappa shape index (κ2) is 9.24. The van der Waals surface area contributed by atoms with Crippen molar-refractivity contribution in [2.24, 2.45) is 0 Å². The van der Waals surface area contributed by atoms with Gasteiger partial charge >= 0.3 is 5.97 Å². The lowest BCUT2D eigenvalue weighted by molar-refractivity contribution is 0.0526. The lowest BCUT2D eigenvalue weighted by atomic mass is 9.98. The molecule has 8 heteroatoms. The Bertz CT molecular complexity index is 1510. The molecule has 1 unspecified atom stereocenters. The molecule has 0 saturated heterocycles. The minimum atomic E-state index is -0.707. The number of carbonyl (C=O) groups excluding carboxylic acids is 2. The first-order chi connectivity index (χ1) is 16.9. The average molecular weight is 506 g/mol. The molecule has 0 radical (unpaired) electrons. The highest BCUT2D eigenvalue weighted by Gasteiger charge is 2.43. The Kier molecular flexibility index (Phi) is 6.13. The molecule has 0 aliphatic carbocycles. The molecule has 0 fully saturated rings. The van der Waals surface area contributed by atoms with E-state index in [1.165, 1.54) is 4.90 Å². The number of ether oxygens (including phenoxy) is 1. The van der Waals surface area contributed by atoms with Gasteiger partial charge in [-0.2, -0.15) is 0 Å². The summed E-state index contributed by atoms with van der Waals surface area (Å²) >= 11 is 7.75. The zero-order valence-electron chi connectivity index (χ0n) is 18.9. The first-order valence-electron chi connectivity index (χ1n) is 10.9. The van der Waals surface area contributed by atoms with E-state index >= 15 is 0 Å². The van der Waals surface area contributed by atoms with Gasteiger partial charge in [0.2, 0.25) is 5.76 Å². The second-order valence-corrected chi connectivity index (χ2v) is 9.25. The summed E-state index contributed by atoms with van der Waals surface area (Å²) < 4.78 is 11.0. The van der Waals surface area contributed by atoms with Gasteiger partial charge in [0.15, 0.2) is 5.43 Å². The van der Waals surface area contributed by atoms with E-state index in [0.29, 0.717) is 27.2 Å². The van der Waals surface area contributed by atoms with Crippen molar-refractivity contribution in [3.05, 3.63) is 104 Å². The number of fused-ring (bicyclic) bond motifs is 2. The van der Waals surface area contributed by atoms with Crippen LogP contribution in [0.1, 0.15) is 45.0 Å². The number of carbonyl (C=O) groups is 2. The molecule has 4 aromatic rings. The monoisotopic (exact) mass is 505 g/mol. The molecule has 2 heterocycles. The zero-order chi connectivity index (χ0) is 24.7. The summed E-state index contributed by atoms with van der Waals surface area (Å²) in [6, 6.07) is 18.3. The van der Waals surface area contributed by atoms with E-state index in [-0.39, 0.29) is 23.4 Å². The van der Waals surface area contributed by atoms with Crippen LogP contribution in [0.2, 0.25) is 5.02 Å². The minimum Gasteiger partial charge on any atom is -0.462 e. The van der Waals surface area contributed by atoms with Crippen molar-refractivity contribution in [3.8, 4) is 0 Å². The number of halogens is 1. The molecule has 3 aromatic carbocycles. The highest BCUT2D eigenvalue weighted by Crippen LogP contribution is 2.41. The predicted molar refractivity (Wildman–Crippen MR) is 137 cm³/mol. The van der Waals surface area contributed by atoms with Gasteiger partial charge in [0.05, 0.1) is 29.2 Å². The first kappa shape index (κ1) is 23.2. The molecule has 6 nitrogen and oxygen atoms in total. The van der Waals surface area contributed by atoms with Gasteiger partial charge in [0.25, 0.3) is 5.91 Å². The molecule has 176 valence electrons. The van der Waals surface area contributed by atoms with Crippen LogP contribution in [-0.4, -0.2) is 24.7 Å². The van der Waals surface area contributed by atoms with E-state index in [9.17, 15) is 14.4 Å². The fraction of sp³-hybridized carbons (Fsp3) is 0.148. The van der Waals surface area contributed by atoms with Crippen LogP contribution in [0.5, 0.6) is 0 Å². The molecule has 0 bridgehead atoms. The Morgan fingerprint density at radius 3 is 2.43 bits per heavy atom. The maximum atomic E-state index is 13.7. The molecule has 0 spiro atoms. The standard InChI is InChI=1S/C27H20ClNO5S/c1-3-33-27(32)16-4-9-18(10-5-16)29-23(15-6-11-19(35-2)12-7-15)22-24(30)20-14-17(28)8-13-21(20)34-25(22)26(29)31/h4-14,23H,3H2,1-2H3. The summed E-state index contributed by atoms with van der Waals surface area (Å²) in [7, 11) is 0. The number of thioether (sulfide) groups is 1. The molecule has 0 N–H and O–H groups in total. The summed E-state index contributed by atoms with van der Waals surface area (Å²) in [6.07, 6.45) is 1.98. The largest absolute Gasteiger partial charge is 0.462 e. The predicted octanol–water partition coefficient (Wildman–Crippen LogP) is 6.09. The van der Waals surface area contributed by atoms with Gasteiger partial charge in [-0.25, -0.2) is 4.79 Å². The highest BCUT2D eigenvalue weighted by molar-refractivity contribution is 7.98. The summed E-state index contributed by atoms with van der Waals surface area (Å²) in [4.78, 5) is 42.0. The third kappa shape index (κ3) is 4.00. The van der Waals surface area contributed by atoms with E-state index in [1.54, 1.807) is 61.2 Å². The average Bonchev–Trinajstić information content (AvgIpc) is 3.17. The molecular weight excluding hydrogens is 486 g/mol. The summed E-state index contributed by atoms with van der Waals surface area (Å²) in [5, 5.41) is 0.718.